The van der Waals surface area contributed by atoms with Crippen LogP contribution in [-0.2, 0) is 6.67 Å². The molecule has 0 aliphatic rings. The van der Waals surface area contributed by atoms with E-state index in [-0.39, 0.29) is 5.56 Å². The first-order chi connectivity index (χ1) is 6.83. The fourth-order valence-electron chi connectivity index (χ4n) is 1.28. The topological polar surface area (TPSA) is 59.8 Å². The average Bonchev–Trinajstić information content (AvgIpc) is 2.23. The number of benzene rings is 1. The van der Waals surface area contributed by atoms with Crippen molar-refractivity contribution in [2.45, 2.75) is 6.67 Å². The maximum Gasteiger partial charge on any atom is 0.278 e. The number of hydrogen-bond acceptors (Lipinski definition) is 4. The molecule has 1 aromatic carbocycles. The summed E-state index contributed by atoms with van der Waals surface area (Å²) in [5, 5.41) is 11.2. The molecule has 0 unspecified atom stereocenters. The predicted octanol–water partition coefficient (Wildman–Crippen LogP) is -0.0316. The zero-order chi connectivity index (χ0) is 9.97. The van der Waals surface area contributed by atoms with Crippen LogP contribution in [0.3, 0.4) is 0 Å². The van der Waals surface area contributed by atoms with E-state index in [0.717, 1.165) is 0 Å². The van der Waals surface area contributed by atoms with Crippen molar-refractivity contribution in [1.82, 2.24) is 20.3 Å². The van der Waals surface area contributed by atoms with Gasteiger partial charge in [-0.25, -0.2) is 0 Å². The first-order valence-electron chi connectivity index (χ1n) is 4.30. The van der Waals surface area contributed by atoms with Gasteiger partial charge in [0.2, 0.25) is 0 Å². The van der Waals surface area contributed by atoms with Gasteiger partial charge in [-0.05, 0) is 19.2 Å². The number of rotatable bonds is 2. The highest BCUT2D eigenvalue weighted by Gasteiger charge is 2.02. The molecule has 0 aliphatic carbocycles. The Bertz CT molecular complexity index is 505. The van der Waals surface area contributed by atoms with Crippen molar-refractivity contribution in [2.24, 2.45) is 0 Å². The minimum Gasteiger partial charge on any atom is -0.301 e. The lowest BCUT2D eigenvalue weighted by Crippen LogP contribution is -2.29. The van der Waals surface area contributed by atoms with E-state index in [1.54, 1.807) is 19.2 Å². The standard InChI is InChI=1S/C9H10N4O/c1-10-6-13-9(14)7-4-2-3-5-8(7)11-12-13/h2-5,10H,6H2,1H3. The molecule has 1 heterocycles. The van der Waals surface area contributed by atoms with Crippen molar-refractivity contribution in [3.8, 4) is 0 Å². The Kier molecular flexibility index (Phi) is 2.24. The normalized spacial score (nSPS) is 10.6. The third-order valence-corrected chi connectivity index (χ3v) is 1.94. The largest absolute Gasteiger partial charge is 0.301 e. The van der Waals surface area contributed by atoms with Gasteiger partial charge in [0.15, 0.2) is 0 Å². The Morgan fingerprint density at radius 3 is 3.00 bits per heavy atom. The van der Waals surface area contributed by atoms with Gasteiger partial charge in [-0.1, -0.05) is 17.3 Å². The lowest BCUT2D eigenvalue weighted by atomic mass is 10.2. The van der Waals surface area contributed by atoms with Crippen LogP contribution in [0.25, 0.3) is 10.9 Å². The molecule has 0 fully saturated rings. The van der Waals surface area contributed by atoms with Crippen LogP contribution in [0.4, 0.5) is 0 Å². The van der Waals surface area contributed by atoms with Gasteiger partial charge in [0.25, 0.3) is 5.56 Å². The van der Waals surface area contributed by atoms with Gasteiger partial charge < -0.3 is 5.32 Å². The molecule has 0 atom stereocenters. The number of nitrogens with one attached hydrogen (secondary N) is 1. The SMILES string of the molecule is CNCn1nnc2ccccc2c1=O. The lowest BCUT2D eigenvalue weighted by molar-refractivity contribution is 0.505. The molecule has 0 saturated heterocycles. The van der Waals surface area contributed by atoms with E-state index in [1.807, 2.05) is 12.1 Å². The van der Waals surface area contributed by atoms with E-state index in [9.17, 15) is 4.79 Å². The van der Waals surface area contributed by atoms with Gasteiger partial charge in [0.05, 0.1) is 12.1 Å². The molecule has 72 valence electrons. The maximum atomic E-state index is 11.7. The van der Waals surface area contributed by atoms with Crippen LogP contribution in [0.1, 0.15) is 0 Å². The summed E-state index contributed by atoms with van der Waals surface area (Å²) in [5.41, 5.74) is 0.509. The molecule has 0 bridgehead atoms. The number of hydrogen-bond donors (Lipinski definition) is 1. The molecule has 5 nitrogen and oxygen atoms in total. The molecule has 5 heteroatoms. The second-order valence-electron chi connectivity index (χ2n) is 2.92. The summed E-state index contributed by atoms with van der Waals surface area (Å²) in [6, 6.07) is 7.17. The quantitative estimate of drug-likeness (QED) is 0.722. The molecular formula is C9H10N4O. The van der Waals surface area contributed by atoms with Crippen molar-refractivity contribution in [2.75, 3.05) is 7.05 Å². The highest BCUT2D eigenvalue weighted by Crippen LogP contribution is 2.02. The number of aromatic nitrogens is 3. The molecule has 14 heavy (non-hydrogen) atoms. The van der Waals surface area contributed by atoms with Crippen LogP contribution in [0.2, 0.25) is 0 Å². The summed E-state index contributed by atoms with van der Waals surface area (Å²) in [6.45, 7) is 0.372. The van der Waals surface area contributed by atoms with Gasteiger partial charge in [0.1, 0.15) is 5.52 Å². The van der Waals surface area contributed by atoms with Crippen LogP contribution in [-0.4, -0.2) is 22.0 Å². The second-order valence-corrected chi connectivity index (χ2v) is 2.92. The average molecular weight is 190 g/mol. The number of nitrogens with zero attached hydrogens (tertiary/aromatic N) is 3. The third kappa shape index (κ3) is 1.38. The monoisotopic (exact) mass is 190 g/mol. The van der Waals surface area contributed by atoms with E-state index in [1.165, 1.54) is 4.68 Å². The first-order valence-corrected chi connectivity index (χ1v) is 4.30. The molecular weight excluding hydrogens is 180 g/mol. The molecule has 1 N–H and O–H groups in total. The molecule has 2 aromatic rings. The molecule has 2 rings (SSSR count). The Labute approximate surface area is 80.4 Å². The smallest absolute Gasteiger partial charge is 0.278 e. The molecule has 0 aliphatic heterocycles. The van der Waals surface area contributed by atoms with Gasteiger partial charge in [-0.15, -0.1) is 5.10 Å². The predicted molar refractivity (Wildman–Crippen MR) is 52.9 cm³/mol. The van der Waals surface area contributed by atoms with Crippen LogP contribution < -0.4 is 10.9 Å². The first kappa shape index (κ1) is 8.83. The third-order valence-electron chi connectivity index (χ3n) is 1.94. The summed E-state index contributed by atoms with van der Waals surface area (Å²) < 4.78 is 1.29. The lowest BCUT2D eigenvalue weighted by Gasteiger charge is -2.02. The van der Waals surface area contributed by atoms with Crippen molar-refractivity contribution >= 4 is 10.9 Å². The van der Waals surface area contributed by atoms with Gasteiger partial charge >= 0.3 is 0 Å². The Balaban J connectivity index is 2.69. The maximum absolute atomic E-state index is 11.7. The molecule has 1 aromatic heterocycles. The minimum absolute atomic E-state index is 0.120. The van der Waals surface area contributed by atoms with Gasteiger partial charge in [-0.3, -0.25) is 4.79 Å². The van der Waals surface area contributed by atoms with Crippen LogP contribution in [0.5, 0.6) is 0 Å². The molecule has 0 radical (unpaired) electrons. The van der Waals surface area contributed by atoms with Crippen molar-refractivity contribution in [3.63, 3.8) is 0 Å². The number of fused-ring (bicyclic) bond motifs is 1. The summed E-state index contributed by atoms with van der Waals surface area (Å²) in [6.07, 6.45) is 0. The van der Waals surface area contributed by atoms with Gasteiger partial charge in [-0.2, -0.15) is 4.68 Å². The zero-order valence-corrected chi connectivity index (χ0v) is 7.77. The summed E-state index contributed by atoms with van der Waals surface area (Å²) >= 11 is 0. The van der Waals surface area contributed by atoms with E-state index in [4.69, 9.17) is 0 Å². The van der Waals surface area contributed by atoms with Crippen molar-refractivity contribution in [1.29, 1.82) is 0 Å². The molecule has 0 saturated carbocycles. The Hall–Kier alpha value is -1.75. The highest BCUT2D eigenvalue weighted by atomic mass is 16.1. The zero-order valence-electron chi connectivity index (χ0n) is 7.77. The summed E-state index contributed by atoms with van der Waals surface area (Å²) in [4.78, 5) is 11.7. The van der Waals surface area contributed by atoms with Crippen LogP contribution in [0.15, 0.2) is 29.1 Å². The Morgan fingerprint density at radius 2 is 2.21 bits per heavy atom. The van der Waals surface area contributed by atoms with Gasteiger partial charge in [0, 0.05) is 0 Å². The fourth-order valence-corrected chi connectivity index (χ4v) is 1.28. The second kappa shape index (κ2) is 3.55. The van der Waals surface area contributed by atoms with Crippen LogP contribution in [0, 0.1) is 0 Å². The van der Waals surface area contributed by atoms with Crippen molar-refractivity contribution < 1.29 is 0 Å². The van der Waals surface area contributed by atoms with E-state index >= 15 is 0 Å². The van der Waals surface area contributed by atoms with E-state index in [0.29, 0.717) is 17.6 Å². The molecule has 0 spiro atoms. The van der Waals surface area contributed by atoms with Crippen LogP contribution >= 0.6 is 0 Å². The Morgan fingerprint density at radius 1 is 1.43 bits per heavy atom. The van der Waals surface area contributed by atoms with E-state index in [2.05, 4.69) is 15.6 Å². The summed E-state index contributed by atoms with van der Waals surface area (Å²) in [5.74, 6) is 0. The highest BCUT2D eigenvalue weighted by molar-refractivity contribution is 5.76. The van der Waals surface area contributed by atoms with Crippen molar-refractivity contribution in [3.05, 3.63) is 34.6 Å². The minimum atomic E-state index is -0.120. The van der Waals surface area contributed by atoms with E-state index < -0.39 is 0 Å². The summed E-state index contributed by atoms with van der Waals surface area (Å²) in [7, 11) is 1.75. The fraction of sp³-hybridized carbons (Fsp3) is 0.222. The molecule has 0 amide bonds.